The first kappa shape index (κ1) is 12.0. The summed E-state index contributed by atoms with van der Waals surface area (Å²) >= 11 is 1.72. The zero-order valence-electron chi connectivity index (χ0n) is 10.2. The number of nitrogen functional groups attached to an aromatic ring is 1. The molecule has 2 aromatic rings. The van der Waals surface area contributed by atoms with Gasteiger partial charge in [-0.3, -0.25) is 0 Å². The smallest absolute Gasteiger partial charge is 0.127 e. The highest BCUT2D eigenvalue weighted by molar-refractivity contribution is 7.07. The maximum absolute atomic E-state index is 5.88. The maximum atomic E-state index is 5.88. The minimum atomic E-state index is 0.696. The van der Waals surface area contributed by atoms with Gasteiger partial charge < -0.3 is 10.5 Å². The van der Waals surface area contributed by atoms with Crippen LogP contribution in [-0.4, -0.2) is 6.61 Å². The Morgan fingerprint density at radius 2 is 2.06 bits per heavy atom. The quantitative estimate of drug-likeness (QED) is 0.838. The zero-order valence-corrected chi connectivity index (χ0v) is 11.0. The van der Waals surface area contributed by atoms with Crippen molar-refractivity contribution in [1.29, 1.82) is 0 Å². The molecule has 3 heteroatoms. The van der Waals surface area contributed by atoms with E-state index in [0.717, 1.165) is 29.0 Å². The van der Waals surface area contributed by atoms with Crippen LogP contribution >= 0.6 is 11.3 Å². The molecule has 0 atom stereocenters. The summed E-state index contributed by atoms with van der Waals surface area (Å²) in [4.78, 5) is 0. The van der Waals surface area contributed by atoms with Crippen LogP contribution in [0.5, 0.6) is 5.75 Å². The molecule has 0 fully saturated rings. The van der Waals surface area contributed by atoms with Crippen LogP contribution in [0.3, 0.4) is 0 Å². The topological polar surface area (TPSA) is 35.2 Å². The third-order valence-corrected chi connectivity index (χ3v) is 3.59. The van der Waals surface area contributed by atoms with E-state index in [2.05, 4.69) is 16.8 Å². The molecule has 1 aromatic heterocycles. The third-order valence-electron chi connectivity index (χ3n) is 2.86. The Morgan fingerprint density at radius 1 is 1.24 bits per heavy atom. The molecule has 0 aliphatic rings. The number of ether oxygens (including phenoxy) is 1. The summed E-state index contributed by atoms with van der Waals surface area (Å²) in [5.74, 6) is 0.931. The van der Waals surface area contributed by atoms with Crippen LogP contribution in [0.2, 0.25) is 0 Å². The van der Waals surface area contributed by atoms with Gasteiger partial charge in [0.05, 0.1) is 6.61 Å². The minimum Gasteiger partial charge on any atom is -0.493 e. The van der Waals surface area contributed by atoms with Gasteiger partial charge in [0, 0.05) is 17.7 Å². The lowest BCUT2D eigenvalue weighted by Crippen LogP contribution is -2.04. The van der Waals surface area contributed by atoms with Crippen LogP contribution in [0, 0.1) is 13.8 Å². The van der Waals surface area contributed by atoms with Crippen molar-refractivity contribution in [1.82, 2.24) is 0 Å². The Hall–Kier alpha value is -1.48. The van der Waals surface area contributed by atoms with Gasteiger partial charge in [-0.2, -0.15) is 11.3 Å². The molecular formula is C14H17NOS. The van der Waals surface area contributed by atoms with Crippen molar-refractivity contribution < 1.29 is 4.74 Å². The van der Waals surface area contributed by atoms with Gasteiger partial charge in [-0.25, -0.2) is 0 Å². The van der Waals surface area contributed by atoms with Crippen molar-refractivity contribution >= 4 is 17.0 Å². The van der Waals surface area contributed by atoms with Gasteiger partial charge in [0.1, 0.15) is 5.75 Å². The van der Waals surface area contributed by atoms with Crippen molar-refractivity contribution in [3.8, 4) is 5.75 Å². The van der Waals surface area contributed by atoms with E-state index in [4.69, 9.17) is 10.5 Å². The Balaban J connectivity index is 2.01. The van der Waals surface area contributed by atoms with Gasteiger partial charge >= 0.3 is 0 Å². The molecule has 0 aliphatic carbocycles. The Morgan fingerprint density at radius 3 is 2.76 bits per heavy atom. The van der Waals surface area contributed by atoms with Crippen molar-refractivity contribution in [2.24, 2.45) is 0 Å². The first-order valence-corrected chi connectivity index (χ1v) is 6.62. The summed E-state index contributed by atoms with van der Waals surface area (Å²) in [7, 11) is 0. The number of anilines is 1. The summed E-state index contributed by atoms with van der Waals surface area (Å²) in [6, 6.07) is 6.06. The summed E-state index contributed by atoms with van der Waals surface area (Å²) in [5, 5.41) is 4.24. The molecule has 0 unspecified atom stereocenters. The normalized spacial score (nSPS) is 10.5. The first-order chi connectivity index (χ1) is 8.18. The molecule has 0 saturated carbocycles. The van der Waals surface area contributed by atoms with E-state index in [-0.39, 0.29) is 0 Å². The average molecular weight is 247 g/mol. The standard InChI is InChI=1S/C14H17NOS/c1-10-3-4-13(15)11(2)14(10)16-7-5-12-6-8-17-9-12/h3-4,6,8-9H,5,7,15H2,1-2H3. The Labute approximate surface area is 106 Å². The molecule has 0 bridgehead atoms. The van der Waals surface area contributed by atoms with E-state index in [9.17, 15) is 0 Å². The van der Waals surface area contributed by atoms with E-state index < -0.39 is 0 Å². The minimum absolute atomic E-state index is 0.696. The van der Waals surface area contributed by atoms with Gasteiger partial charge in [-0.15, -0.1) is 0 Å². The summed E-state index contributed by atoms with van der Waals surface area (Å²) in [5.41, 5.74) is 10.2. The van der Waals surface area contributed by atoms with E-state index in [1.165, 1.54) is 5.56 Å². The van der Waals surface area contributed by atoms with Crippen molar-refractivity contribution in [2.45, 2.75) is 20.3 Å². The first-order valence-electron chi connectivity index (χ1n) is 5.68. The summed E-state index contributed by atoms with van der Waals surface area (Å²) in [6.45, 7) is 4.75. The number of hydrogen-bond donors (Lipinski definition) is 1. The molecule has 1 aromatic carbocycles. The number of aryl methyl sites for hydroxylation is 1. The van der Waals surface area contributed by atoms with Gasteiger partial charge in [-0.05, 0) is 47.9 Å². The van der Waals surface area contributed by atoms with Crippen LogP contribution in [0.25, 0.3) is 0 Å². The van der Waals surface area contributed by atoms with E-state index in [1.54, 1.807) is 11.3 Å². The second kappa shape index (κ2) is 5.23. The highest BCUT2D eigenvalue weighted by atomic mass is 32.1. The average Bonchev–Trinajstić information content (AvgIpc) is 2.81. The molecule has 90 valence electrons. The van der Waals surface area contributed by atoms with Gasteiger partial charge in [0.15, 0.2) is 0 Å². The molecule has 0 amide bonds. The molecule has 2 N–H and O–H groups in total. The lowest BCUT2D eigenvalue weighted by Gasteiger charge is -2.13. The number of nitrogens with two attached hydrogens (primary N) is 1. The third kappa shape index (κ3) is 2.80. The number of thiophene rings is 1. The highest BCUT2D eigenvalue weighted by Gasteiger charge is 2.06. The predicted octanol–water partition coefficient (Wildman–Crippen LogP) is 3.57. The molecule has 0 spiro atoms. The number of rotatable bonds is 4. The van der Waals surface area contributed by atoms with Gasteiger partial charge in [0.25, 0.3) is 0 Å². The van der Waals surface area contributed by atoms with Crippen LogP contribution in [0.15, 0.2) is 29.0 Å². The molecule has 0 aliphatic heterocycles. The maximum Gasteiger partial charge on any atom is 0.127 e. The number of hydrogen-bond acceptors (Lipinski definition) is 3. The van der Waals surface area contributed by atoms with Crippen molar-refractivity contribution in [2.75, 3.05) is 12.3 Å². The fourth-order valence-electron chi connectivity index (χ4n) is 1.77. The van der Waals surface area contributed by atoms with E-state index in [1.807, 2.05) is 26.0 Å². The number of benzene rings is 1. The molecule has 1 heterocycles. The highest BCUT2D eigenvalue weighted by Crippen LogP contribution is 2.27. The van der Waals surface area contributed by atoms with Crippen LogP contribution in [0.4, 0.5) is 5.69 Å². The summed E-state index contributed by atoms with van der Waals surface area (Å²) < 4.78 is 5.85. The van der Waals surface area contributed by atoms with E-state index in [0.29, 0.717) is 6.61 Å². The second-order valence-electron chi connectivity index (χ2n) is 4.16. The zero-order chi connectivity index (χ0) is 12.3. The van der Waals surface area contributed by atoms with Gasteiger partial charge in [0.2, 0.25) is 0 Å². The lowest BCUT2D eigenvalue weighted by molar-refractivity contribution is 0.318. The second-order valence-corrected chi connectivity index (χ2v) is 4.94. The predicted molar refractivity (Wildman–Crippen MR) is 73.8 cm³/mol. The van der Waals surface area contributed by atoms with E-state index >= 15 is 0 Å². The van der Waals surface area contributed by atoms with Crippen LogP contribution < -0.4 is 10.5 Å². The van der Waals surface area contributed by atoms with Crippen LogP contribution in [-0.2, 0) is 6.42 Å². The molecule has 2 nitrogen and oxygen atoms in total. The Bertz CT molecular complexity index is 491. The fourth-order valence-corrected chi connectivity index (χ4v) is 2.47. The van der Waals surface area contributed by atoms with Crippen molar-refractivity contribution in [3.05, 3.63) is 45.6 Å². The van der Waals surface area contributed by atoms with Crippen LogP contribution in [0.1, 0.15) is 16.7 Å². The SMILES string of the molecule is Cc1ccc(N)c(C)c1OCCc1ccsc1. The molecular weight excluding hydrogens is 230 g/mol. The summed E-state index contributed by atoms with van der Waals surface area (Å²) in [6.07, 6.45) is 0.942. The molecule has 2 rings (SSSR count). The fraction of sp³-hybridized carbons (Fsp3) is 0.286. The van der Waals surface area contributed by atoms with Crippen molar-refractivity contribution in [3.63, 3.8) is 0 Å². The Kier molecular flexibility index (Phi) is 3.69. The van der Waals surface area contributed by atoms with Gasteiger partial charge in [-0.1, -0.05) is 6.07 Å². The lowest BCUT2D eigenvalue weighted by atomic mass is 10.1. The largest absolute Gasteiger partial charge is 0.493 e. The molecule has 0 radical (unpaired) electrons. The molecule has 0 saturated heterocycles. The monoisotopic (exact) mass is 247 g/mol. The molecule has 17 heavy (non-hydrogen) atoms.